The van der Waals surface area contributed by atoms with Gasteiger partial charge in [-0.1, -0.05) is 11.6 Å². The lowest BCUT2D eigenvalue weighted by atomic mass is 10.2. The highest BCUT2D eigenvalue weighted by atomic mass is 35.5. The standard InChI is InChI=1S/C9H8ClN3O/c10-8-6-7(2-5-12-8)9(14)13-4-1-3-11/h2,5-6H,1,4H2,(H,13,14). The number of nitrogens with zero attached hydrogens (tertiary/aromatic N) is 2. The van der Waals surface area contributed by atoms with E-state index in [-0.39, 0.29) is 11.1 Å². The third kappa shape index (κ3) is 3.04. The molecule has 0 bridgehead atoms. The number of aromatic nitrogens is 1. The van der Waals surface area contributed by atoms with Gasteiger partial charge in [0, 0.05) is 18.3 Å². The van der Waals surface area contributed by atoms with Gasteiger partial charge in [-0.15, -0.1) is 0 Å². The first kappa shape index (κ1) is 10.5. The Morgan fingerprint density at radius 2 is 2.50 bits per heavy atom. The van der Waals surface area contributed by atoms with Gasteiger partial charge in [-0.25, -0.2) is 4.98 Å². The molecule has 1 aromatic rings. The second-order valence-corrected chi connectivity index (χ2v) is 2.92. The van der Waals surface area contributed by atoms with Crippen LogP contribution in [0.4, 0.5) is 0 Å². The van der Waals surface area contributed by atoms with Crippen molar-refractivity contribution >= 4 is 17.5 Å². The fourth-order valence-electron chi connectivity index (χ4n) is 0.878. The Kier molecular flexibility index (Phi) is 3.89. The van der Waals surface area contributed by atoms with Gasteiger partial charge in [0.05, 0.1) is 12.5 Å². The molecule has 0 aliphatic carbocycles. The third-order valence-electron chi connectivity index (χ3n) is 1.51. The summed E-state index contributed by atoms with van der Waals surface area (Å²) < 4.78 is 0. The van der Waals surface area contributed by atoms with Crippen molar-refractivity contribution in [3.63, 3.8) is 0 Å². The first-order valence-electron chi connectivity index (χ1n) is 4.00. The van der Waals surface area contributed by atoms with Gasteiger partial charge in [0.2, 0.25) is 0 Å². The molecule has 0 saturated carbocycles. The third-order valence-corrected chi connectivity index (χ3v) is 1.72. The Morgan fingerprint density at radius 3 is 3.14 bits per heavy atom. The van der Waals surface area contributed by atoms with E-state index in [1.807, 2.05) is 6.07 Å². The largest absolute Gasteiger partial charge is 0.351 e. The zero-order chi connectivity index (χ0) is 10.4. The molecule has 0 fully saturated rings. The highest BCUT2D eigenvalue weighted by molar-refractivity contribution is 6.29. The van der Waals surface area contributed by atoms with Crippen molar-refractivity contribution in [2.45, 2.75) is 6.42 Å². The van der Waals surface area contributed by atoms with E-state index in [1.54, 1.807) is 6.07 Å². The lowest BCUT2D eigenvalue weighted by Crippen LogP contribution is -2.24. The Hall–Kier alpha value is -1.60. The minimum atomic E-state index is -0.246. The summed E-state index contributed by atoms with van der Waals surface area (Å²) in [6, 6.07) is 4.97. The van der Waals surface area contributed by atoms with Crippen molar-refractivity contribution in [1.29, 1.82) is 5.26 Å². The molecule has 72 valence electrons. The molecule has 5 heteroatoms. The molecule has 1 aromatic heterocycles. The smallest absolute Gasteiger partial charge is 0.251 e. The molecule has 0 aliphatic rings. The second-order valence-electron chi connectivity index (χ2n) is 2.53. The SMILES string of the molecule is N#CCCNC(=O)c1ccnc(Cl)c1. The van der Waals surface area contributed by atoms with Gasteiger partial charge in [-0.05, 0) is 12.1 Å². The molecule has 0 aromatic carbocycles. The average molecular weight is 210 g/mol. The summed E-state index contributed by atoms with van der Waals surface area (Å²) in [5.74, 6) is -0.246. The van der Waals surface area contributed by atoms with Gasteiger partial charge in [0.25, 0.3) is 5.91 Å². The van der Waals surface area contributed by atoms with Crippen LogP contribution in [0.1, 0.15) is 16.8 Å². The van der Waals surface area contributed by atoms with E-state index >= 15 is 0 Å². The predicted molar refractivity (Wildman–Crippen MR) is 51.8 cm³/mol. The van der Waals surface area contributed by atoms with Gasteiger partial charge in [0.1, 0.15) is 5.15 Å². The second kappa shape index (κ2) is 5.20. The van der Waals surface area contributed by atoms with Crippen molar-refractivity contribution in [2.24, 2.45) is 0 Å². The van der Waals surface area contributed by atoms with Gasteiger partial charge in [0.15, 0.2) is 0 Å². The van der Waals surface area contributed by atoms with E-state index in [9.17, 15) is 4.79 Å². The van der Waals surface area contributed by atoms with Crippen molar-refractivity contribution in [1.82, 2.24) is 10.3 Å². The number of pyridine rings is 1. The number of rotatable bonds is 3. The van der Waals surface area contributed by atoms with Crippen LogP contribution in [0.5, 0.6) is 0 Å². The first-order chi connectivity index (χ1) is 6.74. The zero-order valence-corrected chi connectivity index (χ0v) is 8.08. The maximum absolute atomic E-state index is 11.4. The molecule has 1 N–H and O–H groups in total. The molecule has 1 heterocycles. The molecular weight excluding hydrogens is 202 g/mol. The molecule has 0 radical (unpaired) electrons. The normalized spacial score (nSPS) is 9.14. The number of carbonyl (C=O) groups is 1. The molecule has 4 nitrogen and oxygen atoms in total. The molecule has 1 amide bonds. The molecule has 0 aliphatic heterocycles. The van der Waals surface area contributed by atoms with Crippen LogP contribution in [0, 0.1) is 11.3 Å². The van der Waals surface area contributed by atoms with Gasteiger partial charge < -0.3 is 5.32 Å². The average Bonchev–Trinajstić information content (AvgIpc) is 2.18. The minimum Gasteiger partial charge on any atom is -0.351 e. The van der Waals surface area contributed by atoms with E-state index < -0.39 is 0 Å². The summed E-state index contributed by atoms with van der Waals surface area (Å²) in [6.45, 7) is 0.343. The Balaban J connectivity index is 2.57. The number of carbonyl (C=O) groups excluding carboxylic acids is 1. The lowest BCUT2D eigenvalue weighted by molar-refractivity contribution is 0.0954. The van der Waals surface area contributed by atoms with Crippen LogP contribution in [-0.4, -0.2) is 17.4 Å². The monoisotopic (exact) mass is 209 g/mol. The van der Waals surface area contributed by atoms with E-state index in [1.165, 1.54) is 12.3 Å². The van der Waals surface area contributed by atoms with Crippen LogP contribution in [0.3, 0.4) is 0 Å². The highest BCUT2D eigenvalue weighted by Gasteiger charge is 2.04. The maximum Gasteiger partial charge on any atom is 0.251 e. The Bertz CT molecular complexity index is 373. The van der Waals surface area contributed by atoms with E-state index in [0.29, 0.717) is 18.5 Å². The van der Waals surface area contributed by atoms with Crippen LogP contribution in [0.15, 0.2) is 18.3 Å². The summed E-state index contributed by atoms with van der Waals surface area (Å²) in [7, 11) is 0. The van der Waals surface area contributed by atoms with Crippen molar-refractivity contribution in [3.05, 3.63) is 29.0 Å². The van der Waals surface area contributed by atoms with Crippen molar-refractivity contribution < 1.29 is 4.79 Å². The molecule has 0 unspecified atom stereocenters. The lowest BCUT2D eigenvalue weighted by Gasteiger charge is -2.01. The summed E-state index contributed by atoms with van der Waals surface area (Å²) in [5.41, 5.74) is 0.447. The number of amides is 1. The zero-order valence-electron chi connectivity index (χ0n) is 7.33. The van der Waals surface area contributed by atoms with E-state index in [0.717, 1.165) is 0 Å². The van der Waals surface area contributed by atoms with Crippen molar-refractivity contribution in [2.75, 3.05) is 6.54 Å². The Morgan fingerprint density at radius 1 is 1.71 bits per heavy atom. The van der Waals surface area contributed by atoms with Crippen molar-refractivity contribution in [3.8, 4) is 6.07 Å². The number of nitriles is 1. The molecule has 14 heavy (non-hydrogen) atoms. The number of hydrogen-bond donors (Lipinski definition) is 1. The van der Waals surface area contributed by atoms with Crippen LogP contribution in [0.2, 0.25) is 5.15 Å². The fourth-order valence-corrected chi connectivity index (χ4v) is 1.05. The summed E-state index contributed by atoms with van der Waals surface area (Å²) in [6.07, 6.45) is 1.76. The highest BCUT2D eigenvalue weighted by Crippen LogP contribution is 2.06. The topological polar surface area (TPSA) is 65.8 Å². The maximum atomic E-state index is 11.4. The van der Waals surface area contributed by atoms with E-state index in [2.05, 4.69) is 10.3 Å². The number of nitrogens with one attached hydrogen (secondary N) is 1. The summed E-state index contributed by atoms with van der Waals surface area (Å²) in [4.78, 5) is 15.1. The number of hydrogen-bond acceptors (Lipinski definition) is 3. The Labute approximate surface area is 86.5 Å². The van der Waals surface area contributed by atoms with E-state index in [4.69, 9.17) is 16.9 Å². The summed E-state index contributed by atoms with van der Waals surface area (Å²) >= 11 is 5.61. The van der Waals surface area contributed by atoms with Crippen LogP contribution < -0.4 is 5.32 Å². The van der Waals surface area contributed by atoms with Gasteiger partial charge >= 0.3 is 0 Å². The molecule has 1 rings (SSSR count). The summed E-state index contributed by atoms with van der Waals surface area (Å²) in [5, 5.41) is 11.1. The van der Waals surface area contributed by atoms with Gasteiger partial charge in [-0.3, -0.25) is 4.79 Å². The first-order valence-corrected chi connectivity index (χ1v) is 4.38. The predicted octanol–water partition coefficient (Wildman–Crippen LogP) is 1.38. The quantitative estimate of drug-likeness (QED) is 0.604. The minimum absolute atomic E-state index is 0.246. The van der Waals surface area contributed by atoms with Crippen LogP contribution in [-0.2, 0) is 0 Å². The molecule has 0 spiro atoms. The fraction of sp³-hybridized carbons (Fsp3) is 0.222. The molecule has 0 atom stereocenters. The van der Waals surface area contributed by atoms with Crippen LogP contribution in [0.25, 0.3) is 0 Å². The van der Waals surface area contributed by atoms with Gasteiger partial charge in [-0.2, -0.15) is 5.26 Å². The molecule has 0 saturated heterocycles. The molecular formula is C9H8ClN3O. The number of halogens is 1. The van der Waals surface area contributed by atoms with Crippen LogP contribution >= 0.6 is 11.6 Å².